The lowest BCUT2D eigenvalue weighted by atomic mass is 9.89. The van der Waals surface area contributed by atoms with Gasteiger partial charge in [0.25, 0.3) is 0 Å². The van der Waals surface area contributed by atoms with E-state index < -0.39 is 17.2 Å². The predicted octanol–water partition coefficient (Wildman–Crippen LogP) is 6.14. The van der Waals surface area contributed by atoms with Crippen molar-refractivity contribution in [1.29, 1.82) is 0 Å². The molecule has 0 bridgehead atoms. The van der Waals surface area contributed by atoms with E-state index in [0.717, 1.165) is 23.1 Å². The van der Waals surface area contributed by atoms with E-state index in [1.54, 1.807) is 15.9 Å². The second-order valence-corrected chi connectivity index (χ2v) is 11.3. The van der Waals surface area contributed by atoms with Crippen LogP contribution in [-0.2, 0) is 9.53 Å². The molecule has 9 nitrogen and oxygen atoms in total. The third-order valence-electron chi connectivity index (χ3n) is 6.73. The molecule has 0 spiro atoms. The summed E-state index contributed by atoms with van der Waals surface area (Å²) < 4.78 is 37.6. The van der Waals surface area contributed by atoms with E-state index >= 15 is 0 Å². The maximum absolute atomic E-state index is 14.1. The molecule has 42 heavy (non-hydrogen) atoms. The Kier molecular flexibility index (Phi) is 11.0. The molecule has 2 aliphatic heterocycles. The SMILES string of the molecule is CC.COc1cc(F)cnc1N1CCN(C=O)CC1.Cc1cc2c(C3CN(C(=O)OC(C)(C)C)C3)cc(Cl)c(F)c2[nH]1. The number of ether oxygens (including phenoxy) is 2. The van der Waals surface area contributed by atoms with Gasteiger partial charge >= 0.3 is 6.09 Å². The van der Waals surface area contributed by atoms with Crippen molar-refractivity contribution < 1.29 is 27.8 Å². The van der Waals surface area contributed by atoms with Gasteiger partial charge in [0.1, 0.15) is 11.4 Å². The number of H-pyrrole nitrogens is 1. The van der Waals surface area contributed by atoms with Crippen LogP contribution >= 0.6 is 11.6 Å². The molecule has 1 aromatic carbocycles. The van der Waals surface area contributed by atoms with E-state index in [4.69, 9.17) is 21.1 Å². The van der Waals surface area contributed by atoms with Crippen LogP contribution in [0.25, 0.3) is 10.9 Å². The first-order valence-corrected chi connectivity index (χ1v) is 14.4. The second kappa shape index (κ2) is 14.0. The van der Waals surface area contributed by atoms with Gasteiger partial charge in [-0.15, -0.1) is 0 Å². The van der Waals surface area contributed by atoms with E-state index in [2.05, 4.69) is 9.97 Å². The number of aromatic amines is 1. The van der Waals surface area contributed by atoms with Gasteiger partial charge in [-0.05, 0) is 45.4 Å². The minimum Gasteiger partial charge on any atom is -0.493 e. The van der Waals surface area contributed by atoms with Crippen LogP contribution in [-0.4, -0.2) is 84.3 Å². The average molecular weight is 608 g/mol. The Morgan fingerprint density at radius 2 is 1.76 bits per heavy atom. The first-order chi connectivity index (χ1) is 19.9. The molecule has 2 fully saturated rings. The summed E-state index contributed by atoms with van der Waals surface area (Å²) in [5.74, 6) is 0.335. The summed E-state index contributed by atoms with van der Waals surface area (Å²) in [5.41, 5.74) is 1.77. The predicted molar refractivity (Wildman–Crippen MR) is 160 cm³/mol. The maximum Gasteiger partial charge on any atom is 0.410 e. The lowest BCUT2D eigenvalue weighted by molar-refractivity contribution is -0.118. The van der Waals surface area contributed by atoms with Crippen LogP contribution in [0.2, 0.25) is 5.02 Å². The highest BCUT2D eigenvalue weighted by molar-refractivity contribution is 6.31. The molecule has 2 aliphatic rings. The topological polar surface area (TPSA) is 91.0 Å². The minimum atomic E-state index is -0.508. The van der Waals surface area contributed by atoms with Gasteiger partial charge in [0.15, 0.2) is 17.4 Å². The summed E-state index contributed by atoms with van der Waals surface area (Å²) in [6, 6.07) is 4.90. The van der Waals surface area contributed by atoms with Crippen molar-refractivity contribution in [3.63, 3.8) is 0 Å². The fraction of sp³-hybridized carbons (Fsp3) is 0.500. The molecule has 230 valence electrons. The standard InChI is InChI=1S/C17H20ClFN2O2.C11H14FN3O2.C2H6/c1-9-5-12-11(6-13(18)14(19)15(12)20-9)10-7-21(8-10)16(22)23-17(2,3)4;1-17-10-6-9(12)7-13-11(10)15-4-2-14(8-16)3-5-15;1-2/h5-6,10,20H,7-8H2,1-4H3;6-8H,2-5H2,1H3;1-2H3. The maximum atomic E-state index is 14.1. The number of halogens is 3. The number of aryl methyl sites for hydroxylation is 1. The fourth-order valence-electron chi connectivity index (χ4n) is 4.72. The van der Waals surface area contributed by atoms with Gasteiger partial charge in [-0.3, -0.25) is 4.79 Å². The smallest absolute Gasteiger partial charge is 0.410 e. The van der Waals surface area contributed by atoms with Crippen LogP contribution in [0.15, 0.2) is 24.4 Å². The van der Waals surface area contributed by atoms with Crippen molar-refractivity contribution in [3.8, 4) is 5.75 Å². The van der Waals surface area contributed by atoms with Crippen LogP contribution in [0, 0.1) is 18.6 Å². The van der Waals surface area contributed by atoms with Crippen LogP contribution in [0.1, 0.15) is 51.8 Å². The highest BCUT2D eigenvalue weighted by Crippen LogP contribution is 2.37. The number of aromatic nitrogens is 2. The van der Waals surface area contributed by atoms with Gasteiger partial charge in [0.05, 0.1) is 23.8 Å². The number of carbonyl (C=O) groups excluding carboxylic acids is 2. The summed E-state index contributed by atoms with van der Waals surface area (Å²) in [7, 11) is 1.49. The molecule has 0 unspecified atom stereocenters. The lowest BCUT2D eigenvalue weighted by Gasteiger charge is -2.40. The number of likely N-dealkylation sites (tertiary alicyclic amines) is 1. The third-order valence-corrected chi connectivity index (χ3v) is 7.01. The number of piperazine rings is 1. The molecule has 2 amide bonds. The largest absolute Gasteiger partial charge is 0.493 e. The molecule has 0 radical (unpaired) electrons. The molecule has 1 N–H and O–H groups in total. The van der Waals surface area contributed by atoms with Gasteiger partial charge in [0.2, 0.25) is 6.41 Å². The van der Waals surface area contributed by atoms with Gasteiger partial charge in [-0.2, -0.15) is 0 Å². The number of carbonyl (C=O) groups is 2. The van der Waals surface area contributed by atoms with Crippen molar-refractivity contribution in [2.45, 2.75) is 53.1 Å². The Morgan fingerprint density at radius 3 is 2.33 bits per heavy atom. The monoisotopic (exact) mass is 607 g/mol. The zero-order valence-corrected chi connectivity index (χ0v) is 26.0. The number of methoxy groups -OCH3 is 1. The number of benzene rings is 1. The molecule has 0 atom stereocenters. The molecule has 0 aliphatic carbocycles. The number of nitrogens with one attached hydrogen (secondary N) is 1. The molecule has 12 heteroatoms. The number of fused-ring (bicyclic) bond motifs is 1. The Hall–Kier alpha value is -3.60. The molecule has 4 heterocycles. The summed E-state index contributed by atoms with van der Waals surface area (Å²) in [4.78, 5) is 35.0. The Morgan fingerprint density at radius 1 is 1.12 bits per heavy atom. The Balaban J connectivity index is 0.000000227. The van der Waals surface area contributed by atoms with Crippen LogP contribution in [0.4, 0.5) is 19.4 Å². The van der Waals surface area contributed by atoms with Gasteiger partial charge in [-0.25, -0.2) is 18.6 Å². The minimum absolute atomic E-state index is 0.102. The summed E-state index contributed by atoms with van der Waals surface area (Å²) in [6.45, 7) is 15.1. The lowest BCUT2D eigenvalue weighted by Crippen LogP contribution is -2.50. The fourth-order valence-corrected chi connectivity index (χ4v) is 4.93. The van der Waals surface area contributed by atoms with E-state index in [9.17, 15) is 18.4 Å². The van der Waals surface area contributed by atoms with Crippen LogP contribution in [0.5, 0.6) is 5.75 Å². The van der Waals surface area contributed by atoms with Crippen molar-refractivity contribution in [1.82, 2.24) is 19.8 Å². The third kappa shape index (κ3) is 7.81. The molecule has 5 rings (SSSR count). The van der Waals surface area contributed by atoms with Crippen LogP contribution in [0.3, 0.4) is 0 Å². The van der Waals surface area contributed by atoms with Crippen molar-refractivity contribution in [2.24, 2.45) is 0 Å². The van der Waals surface area contributed by atoms with Gasteiger partial charge in [-0.1, -0.05) is 25.4 Å². The molecule has 0 saturated carbocycles. The number of pyridine rings is 1. The van der Waals surface area contributed by atoms with Gasteiger partial charge in [0, 0.05) is 62.3 Å². The normalized spacial score (nSPS) is 15.2. The number of amides is 2. The molecule has 2 aromatic heterocycles. The van der Waals surface area contributed by atoms with Crippen LogP contribution < -0.4 is 9.64 Å². The first kappa shape index (κ1) is 32.9. The molecule has 2 saturated heterocycles. The van der Waals surface area contributed by atoms with Gasteiger partial charge < -0.3 is 29.2 Å². The highest BCUT2D eigenvalue weighted by atomic mass is 35.5. The number of rotatable bonds is 4. The van der Waals surface area contributed by atoms with Crippen molar-refractivity contribution in [2.75, 3.05) is 51.3 Å². The highest BCUT2D eigenvalue weighted by Gasteiger charge is 2.36. The number of hydrogen-bond acceptors (Lipinski definition) is 6. The first-order valence-electron chi connectivity index (χ1n) is 14.0. The number of anilines is 1. The zero-order valence-electron chi connectivity index (χ0n) is 25.3. The molecular formula is C30H40ClF2N5O4. The van der Waals surface area contributed by atoms with E-state index in [1.807, 2.05) is 52.5 Å². The zero-order chi connectivity index (χ0) is 31.2. The van der Waals surface area contributed by atoms with Crippen molar-refractivity contribution in [3.05, 3.63) is 52.3 Å². The molecule has 3 aromatic rings. The van der Waals surface area contributed by atoms with E-state index in [1.165, 1.54) is 19.4 Å². The van der Waals surface area contributed by atoms with E-state index in [-0.39, 0.29) is 17.0 Å². The number of nitrogens with zero attached hydrogens (tertiary/aromatic N) is 4. The second-order valence-electron chi connectivity index (χ2n) is 10.9. The van der Waals surface area contributed by atoms with E-state index in [0.29, 0.717) is 56.4 Å². The van der Waals surface area contributed by atoms with Crippen molar-refractivity contribution >= 4 is 40.8 Å². The number of hydrogen-bond donors (Lipinski definition) is 1. The Bertz CT molecular complexity index is 1380. The Labute approximate surface area is 250 Å². The average Bonchev–Trinajstić information content (AvgIpc) is 3.33. The summed E-state index contributed by atoms with van der Waals surface area (Å²) >= 11 is 6.01. The molecular weight excluding hydrogens is 568 g/mol. The summed E-state index contributed by atoms with van der Waals surface area (Å²) in [5, 5.41) is 0.934. The quantitative estimate of drug-likeness (QED) is 0.359. The summed E-state index contributed by atoms with van der Waals surface area (Å²) in [6.07, 6.45) is 1.69.